The monoisotopic (exact) mass is 288 g/mol. The maximum atomic E-state index is 3.79. The highest BCUT2D eigenvalue weighted by Crippen LogP contribution is 2.42. The third-order valence-electron chi connectivity index (χ3n) is 6.02. The molecule has 2 aliphatic carbocycles. The molecule has 0 aromatic rings. The van der Waals surface area contributed by atoms with E-state index >= 15 is 0 Å². The van der Waals surface area contributed by atoms with E-state index in [0.717, 1.165) is 30.1 Å². The van der Waals surface area contributed by atoms with Crippen molar-refractivity contribution in [1.82, 2.24) is 0 Å². The van der Waals surface area contributed by atoms with E-state index in [1.54, 1.807) is 0 Å². The molecule has 0 N–H and O–H groups in total. The van der Waals surface area contributed by atoms with Crippen molar-refractivity contribution in [2.45, 2.75) is 84.0 Å². The summed E-state index contributed by atoms with van der Waals surface area (Å²) in [6.45, 7) is 6.13. The van der Waals surface area contributed by atoms with Gasteiger partial charge in [-0.15, -0.1) is 6.58 Å². The minimum atomic E-state index is 0.877. The fourth-order valence-electron chi connectivity index (χ4n) is 4.67. The molecule has 0 unspecified atom stereocenters. The van der Waals surface area contributed by atoms with Gasteiger partial charge < -0.3 is 0 Å². The van der Waals surface area contributed by atoms with Crippen molar-refractivity contribution >= 4 is 0 Å². The second-order valence-electron chi connectivity index (χ2n) is 7.54. The Bertz CT molecular complexity index is 298. The maximum Gasteiger partial charge on any atom is -0.0233 e. The third-order valence-corrected chi connectivity index (χ3v) is 6.02. The lowest BCUT2D eigenvalue weighted by Gasteiger charge is -2.37. The first-order chi connectivity index (χ1) is 10.3. The molecule has 0 bridgehead atoms. The van der Waals surface area contributed by atoms with Crippen LogP contribution in [0.15, 0.2) is 24.8 Å². The van der Waals surface area contributed by atoms with Gasteiger partial charge in [0.05, 0.1) is 0 Å². The van der Waals surface area contributed by atoms with Crippen molar-refractivity contribution in [3.63, 3.8) is 0 Å². The Hall–Kier alpha value is -0.520. The SMILES string of the molecule is C=CCC/C=C/C1CCC(C2CCC(CCC)CC2)CC1. The van der Waals surface area contributed by atoms with Crippen LogP contribution in [0.2, 0.25) is 0 Å². The van der Waals surface area contributed by atoms with Crippen LogP contribution in [0, 0.1) is 23.7 Å². The normalized spacial score (nSPS) is 34.1. The summed E-state index contributed by atoms with van der Waals surface area (Å²) >= 11 is 0. The Kier molecular flexibility index (Phi) is 7.61. The highest BCUT2D eigenvalue weighted by atomic mass is 14.3. The lowest BCUT2D eigenvalue weighted by atomic mass is 9.68. The van der Waals surface area contributed by atoms with E-state index in [1.165, 1.54) is 70.6 Å². The van der Waals surface area contributed by atoms with Crippen molar-refractivity contribution < 1.29 is 0 Å². The number of allylic oxidation sites excluding steroid dienone is 3. The minimum Gasteiger partial charge on any atom is -0.103 e. The van der Waals surface area contributed by atoms with Gasteiger partial charge in [0.15, 0.2) is 0 Å². The largest absolute Gasteiger partial charge is 0.103 e. The molecule has 0 aromatic heterocycles. The van der Waals surface area contributed by atoms with Gasteiger partial charge in [0.1, 0.15) is 0 Å². The topological polar surface area (TPSA) is 0 Å². The summed E-state index contributed by atoms with van der Waals surface area (Å²) in [4.78, 5) is 0. The molecule has 21 heavy (non-hydrogen) atoms. The molecule has 2 aliphatic rings. The number of rotatable bonds is 7. The molecule has 2 rings (SSSR count). The van der Waals surface area contributed by atoms with E-state index in [1.807, 2.05) is 6.08 Å². The van der Waals surface area contributed by atoms with E-state index in [-0.39, 0.29) is 0 Å². The fraction of sp³-hybridized carbons (Fsp3) is 0.810. The predicted octanol–water partition coefficient (Wildman–Crippen LogP) is 6.92. The zero-order valence-electron chi connectivity index (χ0n) is 14.2. The number of hydrogen-bond acceptors (Lipinski definition) is 0. The first-order valence-corrected chi connectivity index (χ1v) is 9.61. The molecular formula is C21H36. The molecular weight excluding hydrogens is 252 g/mol. The smallest absolute Gasteiger partial charge is 0.0233 e. The van der Waals surface area contributed by atoms with Crippen molar-refractivity contribution in [2.24, 2.45) is 23.7 Å². The lowest BCUT2D eigenvalue weighted by Crippen LogP contribution is -2.25. The first kappa shape index (κ1) is 16.8. The van der Waals surface area contributed by atoms with Gasteiger partial charge in [-0.3, -0.25) is 0 Å². The average molecular weight is 289 g/mol. The lowest BCUT2D eigenvalue weighted by molar-refractivity contribution is 0.152. The summed E-state index contributed by atoms with van der Waals surface area (Å²) < 4.78 is 0. The molecule has 0 amide bonds. The number of hydrogen-bond donors (Lipinski definition) is 0. The van der Waals surface area contributed by atoms with E-state index in [2.05, 4.69) is 25.7 Å². The second-order valence-corrected chi connectivity index (χ2v) is 7.54. The molecule has 0 heterocycles. The average Bonchev–Trinajstić information content (AvgIpc) is 2.53. The highest BCUT2D eigenvalue weighted by molar-refractivity contribution is 4.93. The van der Waals surface area contributed by atoms with Gasteiger partial charge in [-0.25, -0.2) is 0 Å². The van der Waals surface area contributed by atoms with Gasteiger partial charge in [-0.05, 0) is 75.0 Å². The van der Waals surface area contributed by atoms with Crippen LogP contribution in [0.1, 0.15) is 84.0 Å². The zero-order chi connectivity index (χ0) is 14.9. The third kappa shape index (κ3) is 5.64. The van der Waals surface area contributed by atoms with Crippen molar-refractivity contribution in [3.05, 3.63) is 24.8 Å². The predicted molar refractivity (Wildman–Crippen MR) is 94.4 cm³/mol. The van der Waals surface area contributed by atoms with Crippen LogP contribution in [0.3, 0.4) is 0 Å². The van der Waals surface area contributed by atoms with Crippen LogP contribution < -0.4 is 0 Å². The molecule has 120 valence electrons. The summed E-state index contributed by atoms with van der Waals surface area (Å²) in [6, 6.07) is 0. The summed E-state index contributed by atoms with van der Waals surface area (Å²) in [5, 5.41) is 0. The molecule has 0 radical (unpaired) electrons. The Morgan fingerprint density at radius 2 is 1.48 bits per heavy atom. The fourth-order valence-corrected chi connectivity index (χ4v) is 4.67. The molecule has 0 atom stereocenters. The molecule has 0 nitrogen and oxygen atoms in total. The molecule has 0 aromatic carbocycles. The molecule has 0 heteroatoms. The minimum absolute atomic E-state index is 0.877. The van der Waals surface area contributed by atoms with Crippen LogP contribution in [0.4, 0.5) is 0 Å². The Morgan fingerprint density at radius 3 is 2.05 bits per heavy atom. The molecule has 2 fully saturated rings. The Balaban J connectivity index is 1.65. The van der Waals surface area contributed by atoms with Crippen molar-refractivity contribution in [1.29, 1.82) is 0 Å². The summed E-state index contributed by atoms with van der Waals surface area (Å²) in [5.41, 5.74) is 0. The number of unbranched alkanes of at least 4 members (excludes halogenated alkanes) is 1. The first-order valence-electron chi connectivity index (χ1n) is 9.61. The van der Waals surface area contributed by atoms with Crippen LogP contribution in [0.5, 0.6) is 0 Å². The highest BCUT2D eigenvalue weighted by Gasteiger charge is 2.29. The molecule has 2 saturated carbocycles. The van der Waals surface area contributed by atoms with Gasteiger partial charge >= 0.3 is 0 Å². The van der Waals surface area contributed by atoms with E-state index < -0.39 is 0 Å². The van der Waals surface area contributed by atoms with Crippen LogP contribution in [-0.4, -0.2) is 0 Å². The van der Waals surface area contributed by atoms with Crippen molar-refractivity contribution in [2.75, 3.05) is 0 Å². The zero-order valence-corrected chi connectivity index (χ0v) is 14.2. The molecule has 0 aliphatic heterocycles. The van der Waals surface area contributed by atoms with E-state index in [0.29, 0.717) is 0 Å². The van der Waals surface area contributed by atoms with Gasteiger partial charge in [0, 0.05) is 0 Å². The van der Waals surface area contributed by atoms with Gasteiger partial charge in [-0.2, -0.15) is 0 Å². The Labute approximate surface area is 133 Å². The maximum absolute atomic E-state index is 3.79. The van der Waals surface area contributed by atoms with E-state index in [9.17, 15) is 0 Å². The van der Waals surface area contributed by atoms with Crippen molar-refractivity contribution in [3.8, 4) is 0 Å². The van der Waals surface area contributed by atoms with Gasteiger partial charge in [0.25, 0.3) is 0 Å². The molecule has 0 spiro atoms. The van der Waals surface area contributed by atoms with Crippen LogP contribution in [0.25, 0.3) is 0 Å². The van der Waals surface area contributed by atoms with E-state index in [4.69, 9.17) is 0 Å². The summed E-state index contributed by atoms with van der Waals surface area (Å²) in [6.07, 6.45) is 24.1. The Morgan fingerprint density at radius 1 is 0.857 bits per heavy atom. The van der Waals surface area contributed by atoms with Gasteiger partial charge in [0.2, 0.25) is 0 Å². The van der Waals surface area contributed by atoms with Gasteiger partial charge in [-0.1, -0.05) is 50.8 Å². The summed E-state index contributed by atoms with van der Waals surface area (Å²) in [5.74, 6) is 4.08. The second kappa shape index (κ2) is 9.49. The van der Waals surface area contributed by atoms with Crippen LogP contribution >= 0.6 is 0 Å². The quantitative estimate of drug-likeness (QED) is 0.352. The van der Waals surface area contributed by atoms with Crippen LogP contribution in [-0.2, 0) is 0 Å². The molecule has 0 saturated heterocycles. The standard InChI is InChI=1S/C21H36/c1-3-5-6-7-9-19-12-16-21(17-13-19)20-14-10-18(8-4-2)11-15-20/h3,7,9,18-21H,1,4-6,8,10-17H2,2H3/b9-7+. The summed E-state index contributed by atoms with van der Waals surface area (Å²) in [7, 11) is 0.